The van der Waals surface area contributed by atoms with Crippen LogP contribution in [-0.2, 0) is 11.3 Å². The molecule has 0 spiro atoms. The van der Waals surface area contributed by atoms with Gasteiger partial charge in [-0.25, -0.2) is 0 Å². The molecule has 0 saturated carbocycles. The van der Waals surface area contributed by atoms with E-state index in [1.54, 1.807) is 13.0 Å². The fraction of sp³-hybridized carbons (Fsp3) is 0.429. The second kappa shape index (κ2) is 9.15. The van der Waals surface area contributed by atoms with Gasteiger partial charge in [0.2, 0.25) is 5.91 Å². The van der Waals surface area contributed by atoms with Crippen LogP contribution in [-0.4, -0.2) is 35.3 Å². The second-order valence-corrected chi connectivity index (χ2v) is 8.12. The van der Waals surface area contributed by atoms with Gasteiger partial charge < -0.3 is 10.6 Å². The molecule has 27 heavy (non-hydrogen) atoms. The Morgan fingerprint density at radius 2 is 2.00 bits per heavy atom. The van der Waals surface area contributed by atoms with Crippen molar-refractivity contribution in [2.24, 2.45) is 0 Å². The van der Waals surface area contributed by atoms with Crippen LogP contribution in [0.3, 0.4) is 0 Å². The molecule has 5 nitrogen and oxygen atoms in total. The van der Waals surface area contributed by atoms with Gasteiger partial charge in [-0.05, 0) is 62.4 Å². The number of nitrogens with zero attached hydrogens (tertiary/aromatic N) is 1. The lowest BCUT2D eigenvalue weighted by Gasteiger charge is -2.33. The minimum atomic E-state index is -0.603. The van der Waals surface area contributed by atoms with Gasteiger partial charge in [-0.1, -0.05) is 24.6 Å². The molecule has 1 aromatic heterocycles. The van der Waals surface area contributed by atoms with E-state index in [4.69, 9.17) is 0 Å². The van der Waals surface area contributed by atoms with Crippen molar-refractivity contribution in [1.29, 1.82) is 0 Å². The summed E-state index contributed by atoms with van der Waals surface area (Å²) in [5.74, 6) is -0.448. The summed E-state index contributed by atoms with van der Waals surface area (Å²) in [6, 6.07) is 11.6. The number of hydrogen-bond donors (Lipinski definition) is 2. The van der Waals surface area contributed by atoms with E-state index in [-0.39, 0.29) is 11.8 Å². The number of amides is 2. The number of benzene rings is 1. The van der Waals surface area contributed by atoms with Crippen molar-refractivity contribution in [2.45, 2.75) is 51.7 Å². The molecule has 2 atom stereocenters. The van der Waals surface area contributed by atoms with Gasteiger partial charge >= 0.3 is 0 Å². The van der Waals surface area contributed by atoms with Crippen LogP contribution >= 0.6 is 11.3 Å². The van der Waals surface area contributed by atoms with Gasteiger partial charge in [0.05, 0.1) is 4.88 Å². The third-order valence-electron chi connectivity index (χ3n) is 5.03. The molecule has 1 aliphatic heterocycles. The number of rotatable bonds is 6. The number of likely N-dealkylation sites (tertiary alicyclic amines) is 1. The third kappa shape index (κ3) is 5.40. The molecule has 2 heterocycles. The quantitative estimate of drug-likeness (QED) is 0.793. The lowest BCUT2D eigenvalue weighted by molar-refractivity contribution is -0.117. The summed E-state index contributed by atoms with van der Waals surface area (Å²) in [5, 5.41) is 7.43. The molecule has 144 valence electrons. The van der Waals surface area contributed by atoms with Crippen LogP contribution in [0.4, 0.5) is 5.69 Å². The van der Waals surface area contributed by atoms with E-state index in [1.165, 1.54) is 36.2 Å². The smallest absolute Gasteiger partial charge is 0.261 e. The van der Waals surface area contributed by atoms with E-state index >= 15 is 0 Å². The maximum Gasteiger partial charge on any atom is 0.261 e. The minimum Gasteiger partial charge on any atom is -0.340 e. The van der Waals surface area contributed by atoms with E-state index in [9.17, 15) is 9.59 Å². The van der Waals surface area contributed by atoms with E-state index in [1.807, 2.05) is 23.6 Å². The number of hydrogen-bond acceptors (Lipinski definition) is 4. The average molecular weight is 386 g/mol. The van der Waals surface area contributed by atoms with Crippen LogP contribution in [0.2, 0.25) is 0 Å². The predicted molar refractivity (Wildman–Crippen MR) is 110 cm³/mol. The van der Waals surface area contributed by atoms with Crippen LogP contribution < -0.4 is 10.6 Å². The zero-order valence-corrected chi connectivity index (χ0v) is 16.7. The molecule has 0 unspecified atom stereocenters. The molecule has 1 fully saturated rings. The van der Waals surface area contributed by atoms with E-state index in [0.717, 1.165) is 18.8 Å². The molecule has 0 radical (unpaired) electrons. The van der Waals surface area contributed by atoms with Gasteiger partial charge in [0.15, 0.2) is 0 Å². The predicted octanol–water partition coefficient (Wildman–Crippen LogP) is 3.88. The van der Waals surface area contributed by atoms with Crippen LogP contribution in [0, 0.1) is 0 Å². The molecule has 1 aliphatic rings. The van der Waals surface area contributed by atoms with Crippen molar-refractivity contribution in [1.82, 2.24) is 10.2 Å². The Kier molecular flexibility index (Phi) is 6.63. The molecule has 3 rings (SSSR count). The van der Waals surface area contributed by atoms with E-state index in [0.29, 0.717) is 10.9 Å². The standard InChI is InChI=1S/C21H27N3O2S/c1-15-6-3-4-12-24(15)14-17-8-10-18(11-9-17)23-20(25)16(2)22-21(26)19-7-5-13-27-19/h5,7-11,13,15-16H,3-4,6,12,14H2,1-2H3,(H,22,26)(H,23,25)/t15-,16+/m0/s1. The van der Waals surface area contributed by atoms with Gasteiger partial charge in [0.1, 0.15) is 6.04 Å². The molecular formula is C21H27N3O2S. The summed E-state index contributed by atoms with van der Waals surface area (Å²) in [6.45, 7) is 6.08. The van der Waals surface area contributed by atoms with Crippen molar-refractivity contribution in [3.8, 4) is 0 Å². The SMILES string of the molecule is C[C@@H](NC(=O)c1cccs1)C(=O)Nc1ccc(CN2CCCC[C@@H]2C)cc1. The number of thiophene rings is 1. The molecule has 1 aromatic carbocycles. The van der Waals surface area contributed by atoms with Gasteiger partial charge in [-0.15, -0.1) is 11.3 Å². The van der Waals surface area contributed by atoms with Crippen LogP contribution in [0.25, 0.3) is 0 Å². The summed E-state index contributed by atoms with van der Waals surface area (Å²) in [7, 11) is 0. The zero-order chi connectivity index (χ0) is 19.2. The van der Waals surface area contributed by atoms with E-state index in [2.05, 4.69) is 34.6 Å². The maximum absolute atomic E-state index is 12.3. The molecule has 6 heteroatoms. The Balaban J connectivity index is 1.51. The van der Waals surface area contributed by atoms with Crippen molar-refractivity contribution >= 4 is 28.8 Å². The van der Waals surface area contributed by atoms with Gasteiger partial charge in [0, 0.05) is 18.3 Å². The highest BCUT2D eigenvalue weighted by molar-refractivity contribution is 7.12. The average Bonchev–Trinajstić information content (AvgIpc) is 3.20. The first kappa shape index (κ1) is 19.6. The summed E-state index contributed by atoms with van der Waals surface area (Å²) in [6.07, 6.45) is 3.86. The summed E-state index contributed by atoms with van der Waals surface area (Å²) >= 11 is 1.36. The summed E-state index contributed by atoms with van der Waals surface area (Å²) < 4.78 is 0. The Hall–Kier alpha value is -2.18. The van der Waals surface area contributed by atoms with Gasteiger partial charge in [0.25, 0.3) is 5.91 Å². The van der Waals surface area contributed by atoms with Crippen LogP contribution in [0.1, 0.15) is 48.3 Å². The summed E-state index contributed by atoms with van der Waals surface area (Å²) in [5.41, 5.74) is 1.99. The van der Waals surface area contributed by atoms with Crippen LogP contribution in [0.15, 0.2) is 41.8 Å². The molecular weight excluding hydrogens is 358 g/mol. The Bertz CT molecular complexity index is 758. The Labute approximate surface area is 164 Å². The third-order valence-corrected chi connectivity index (χ3v) is 5.90. The lowest BCUT2D eigenvalue weighted by atomic mass is 10.0. The molecule has 0 aliphatic carbocycles. The van der Waals surface area contributed by atoms with Crippen molar-refractivity contribution in [3.63, 3.8) is 0 Å². The number of piperidine rings is 1. The van der Waals surface area contributed by atoms with Gasteiger partial charge in [-0.3, -0.25) is 14.5 Å². The fourth-order valence-electron chi connectivity index (χ4n) is 3.31. The number of anilines is 1. The Morgan fingerprint density at radius 3 is 2.67 bits per heavy atom. The van der Waals surface area contributed by atoms with Crippen molar-refractivity contribution in [3.05, 3.63) is 52.2 Å². The summed E-state index contributed by atoms with van der Waals surface area (Å²) in [4.78, 5) is 27.5. The first-order valence-electron chi connectivity index (χ1n) is 9.51. The first-order chi connectivity index (χ1) is 13.0. The number of nitrogens with one attached hydrogen (secondary N) is 2. The topological polar surface area (TPSA) is 61.4 Å². The minimum absolute atomic E-state index is 0.223. The maximum atomic E-state index is 12.3. The molecule has 2 amide bonds. The highest BCUT2D eigenvalue weighted by Crippen LogP contribution is 2.20. The first-order valence-corrected chi connectivity index (χ1v) is 10.4. The fourth-order valence-corrected chi connectivity index (χ4v) is 3.94. The number of carbonyl (C=O) groups is 2. The monoisotopic (exact) mass is 385 g/mol. The molecule has 2 aromatic rings. The van der Waals surface area contributed by atoms with Crippen molar-refractivity contribution < 1.29 is 9.59 Å². The highest BCUT2D eigenvalue weighted by atomic mass is 32.1. The zero-order valence-electron chi connectivity index (χ0n) is 15.9. The normalized spacial score (nSPS) is 18.7. The second-order valence-electron chi connectivity index (χ2n) is 7.17. The van der Waals surface area contributed by atoms with Gasteiger partial charge in [-0.2, -0.15) is 0 Å². The van der Waals surface area contributed by atoms with Crippen molar-refractivity contribution in [2.75, 3.05) is 11.9 Å². The molecule has 0 bridgehead atoms. The Morgan fingerprint density at radius 1 is 1.22 bits per heavy atom. The molecule has 2 N–H and O–H groups in total. The van der Waals surface area contributed by atoms with E-state index < -0.39 is 6.04 Å². The molecule has 1 saturated heterocycles. The largest absolute Gasteiger partial charge is 0.340 e. The number of carbonyl (C=O) groups excluding carboxylic acids is 2. The van der Waals surface area contributed by atoms with Crippen LogP contribution in [0.5, 0.6) is 0 Å². The lowest BCUT2D eigenvalue weighted by Crippen LogP contribution is -2.41. The highest BCUT2D eigenvalue weighted by Gasteiger charge is 2.19.